The maximum absolute atomic E-state index is 8.98. The predicted octanol–water partition coefficient (Wildman–Crippen LogP) is 3.43. The van der Waals surface area contributed by atoms with E-state index in [0.717, 1.165) is 12.1 Å². The zero-order valence-electron chi connectivity index (χ0n) is 12.8. The molecule has 0 amide bonds. The summed E-state index contributed by atoms with van der Waals surface area (Å²) in [5, 5.41) is 8.98. The summed E-state index contributed by atoms with van der Waals surface area (Å²) >= 11 is 0. The molecule has 0 saturated heterocycles. The molecule has 1 aromatic carbocycles. The molecular weight excluding hydrogens is 236 g/mol. The highest BCUT2D eigenvalue weighted by atomic mass is 16.5. The van der Waals surface area contributed by atoms with Gasteiger partial charge in [-0.3, -0.25) is 4.90 Å². The van der Waals surface area contributed by atoms with Gasteiger partial charge in [0.15, 0.2) is 0 Å². The van der Waals surface area contributed by atoms with Crippen molar-refractivity contribution in [3.05, 3.63) is 29.3 Å². The second kappa shape index (κ2) is 6.08. The summed E-state index contributed by atoms with van der Waals surface area (Å²) in [6.07, 6.45) is 0. The number of methoxy groups -OCH3 is 1. The highest BCUT2D eigenvalue weighted by Gasteiger charge is 2.23. The minimum atomic E-state index is 0.241. The molecule has 3 heteroatoms. The molecule has 1 atom stereocenters. The highest BCUT2D eigenvalue weighted by molar-refractivity contribution is 5.45. The Morgan fingerprint density at radius 3 is 2.47 bits per heavy atom. The Labute approximate surface area is 116 Å². The summed E-state index contributed by atoms with van der Waals surface area (Å²) in [6.45, 7) is 9.82. The third-order valence-electron chi connectivity index (χ3n) is 3.73. The number of rotatable bonds is 4. The van der Waals surface area contributed by atoms with Gasteiger partial charge in [0, 0.05) is 12.6 Å². The van der Waals surface area contributed by atoms with E-state index in [9.17, 15) is 0 Å². The number of hydrogen-bond acceptors (Lipinski definition) is 3. The quantitative estimate of drug-likeness (QED) is 0.832. The van der Waals surface area contributed by atoms with Crippen LogP contribution in [0.15, 0.2) is 18.2 Å². The molecule has 1 aromatic rings. The topological polar surface area (TPSA) is 36.3 Å². The van der Waals surface area contributed by atoms with Crippen LogP contribution in [0.5, 0.6) is 5.75 Å². The van der Waals surface area contributed by atoms with Gasteiger partial charge in [0.25, 0.3) is 0 Å². The molecule has 104 valence electrons. The first-order valence-electron chi connectivity index (χ1n) is 6.57. The van der Waals surface area contributed by atoms with Gasteiger partial charge in [-0.15, -0.1) is 0 Å². The van der Waals surface area contributed by atoms with Gasteiger partial charge in [-0.1, -0.05) is 26.8 Å². The van der Waals surface area contributed by atoms with Gasteiger partial charge in [-0.25, -0.2) is 0 Å². The average Bonchev–Trinajstić information content (AvgIpc) is 2.36. The van der Waals surface area contributed by atoms with E-state index in [1.54, 1.807) is 7.11 Å². The maximum atomic E-state index is 8.98. The number of nitrogens with zero attached hydrogens (tertiary/aromatic N) is 2. The molecule has 0 bridgehead atoms. The molecule has 0 spiro atoms. The lowest BCUT2D eigenvalue weighted by Gasteiger charge is -2.35. The lowest BCUT2D eigenvalue weighted by molar-refractivity contribution is 0.134. The maximum Gasteiger partial charge on any atom is 0.136 e. The summed E-state index contributed by atoms with van der Waals surface area (Å²) in [7, 11) is 3.72. The Balaban J connectivity index is 2.86. The molecule has 0 radical (unpaired) electrons. The number of benzene rings is 1. The minimum Gasteiger partial charge on any atom is -0.495 e. The molecule has 0 aliphatic carbocycles. The SMILES string of the molecule is COc1cc(CN(C)C(C)C(C)(C)C)ccc1C#N. The molecule has 0 aromatic heterocycles. The van der Waals surface area contributed by atoms with Crippen molar-refractivity contribution in [1.82, 2.24) is 4.90 Å². The molecule has 3 nitrogen and oxygen atoms in total. The van der Waals surface area contributed by atoms with E-state index in [0.29, 0.717) is 17.4 Å². The first-order chi connectivity index (χ1) is 8.79. The standard InChI is InChI=1S/C16H24N2O/c1-12(16(2,3)4)18(5)11-13-7-8-14(10-17)15(9-13)19-6/h7-9,12H,11H2,1-6H3. The summed E-state index contributed by atoms with van der Waals surface area (Å²) in [5.74, 6) is 0.650. The molecule has 0 aliphatic rings. The second-order valence-corrected chi connectivity index (χ2v) is 6.10. The van der Waals surface area contributed by atoms with Crippen molar-refractivity contribution >= 4 is 0 Å². The Morgan fingerprint density at radius 1 is 1.37 bits per heavy atom. The molecule has 0 N–H and O–H groups in total. The van der Waals surface area contributed by atoms with Crippen LogP contribution in [-0.4, -0.2) is 25.1 Å². The van der Waals surface area contributed by atoms with Crippen molar-refractivity contribution in [1.29, 1.82) is 5.26 Å². The summed E-state index contributed by atoms with van der Waals surface area (Å²) in [6, 6.07) is 8.37. The van der Waals surface area contributed by atoms with E-state index in [2.05, 4.69) is 45.7 Å². The van der Waals surface area contributed by atoms with Crippen LogP contribution in [0, 0.1) is 16.7 Å². The smallest absolute Gasteiger partial charge is 0.136 e. The first-order valence-corrected chi connectivity index (χ1v) is 6.57. The van der Waals surface area contributed by atoms with Crippen molar-refractivity contribution in [2.24, 2.45) is 5.41 Å². The van der Waals surface area contributed by atoms with Crippen molar-refractivity contribution in [2.45, 2.75) is 40.3 Å². The van der Waals surface area contributed by atoms with E-state index in [1.807, 2.05) is 18.2 Å². The Hall–Kier alpha value is -1.53. The summed E-state index contributed by atoms with van der Waals surface area (Å²) in [4.78, 5) is 2.32. The molecule has 0 heterocycles. The van der Waals surface area contributed by atoms with Crippen LogP contribution >= 0.6 is 0 Å². The fourth-order valence-electron chi connectivity index (χ4n) is 2.01. The van der Waals surface area contributed by atoms with Crippen LogP contribution in [0.2, 0.25) is 0 Å². The van der Waals surface area contributed by atoms with Crippen LogP contribution in [-0.2, 0) is 6.54 Å². The Bertz CT molecular complexity index is 469. The van der Waals surface area contributed by atoms with Crippen molar-refractivity contribution in [2.75, 3.05) is 14.2 Å². The minimum absolute atomic E-state index is 0.241. The van der Waals surface area contributed by atoms with Gasteiger partial charge >= 0.3 is 0 Å². The number of hydrogen-bond donors (Lipinski definition) is 0. The van der Waals surface area contributed by atoms with E-state index >= 15 is 0 Å². The fraction of sp³-hybridized carbons (Fsp3) is 0.562. The Morgan fingerprint density at radius 2 is 2.00 bits per heavy atom. The molecule has 1 rings (SSSR count). The van der Waals surface area contributed by atoms with Gasteiger partial charge in [0.2, 0.25) is 0 Å². The van der Waals surface area contributed by atoms with Crippen LogP contribution < -0.4 is 4.74 Å². The van der Waals surface area contributed by atoms with Gasteiger partial charge in [-0.2, -0.15) is 5.26 Å². The van der Waals surface area contributed by atoms with Crippen molar-refractivity contribution in [3.8, 4) is 11.8 Å². The van der Waals surface area contributed by atoms with Gasteiger partial charge in [0.1, 0.15) is 11.8 Å². The van der Waals surface area contributed by atoms with Gasteiger partial charge in [0.05, 0.1) is 12.7 Å². The first kappa shape index (κ1) is 15.5. The summed E-state index contributed by atoms with van der Waals surface area (Å²) < 4.78 is 5.25. The zero-order chi connectivity index (χ0) is 14.6. The van der Waals surface area contributed by atoms with E-state index in [4.69, 9.17) is 10.00 Å². The van der Waals surface area contributed by atoms with E-state index in [-0.39, 0.29) is 5.41 Å². The molecule has 0 saturated carbocycles. The number of nitriles is 1. The Kier molecular flexibility index (Phi) is 4.97. The normalized spacial score (nSPS) is 13.2. The van der Waals surface area contributed by atoms with Crippen LogP contribution in [0.1, 0.15) is 38.8 Å². The van der Waals surface area contributed by atoms with Gasteiger partial charge < -0.3 is 4.74 Å². The lowest BCUT2D eigenvalue weighted by Crippen LogP contribution is -2.38. The second-order valence-electron chi connectivity index (χ2n) is 6.10. The molecule has 0 aliphatic heterocycles. The summed E-state index contributed by atoms with van der Waals surface area (Å²) in [5.41, 5.74) is 1.98. The zero-order valence-corrected chi connectivity index (χ0v) is 12.8. The molecular formula is C16H24N2O. The highest BCUT2D eigenvalue weighted by Crippen LogP contribution is 2.25. The largest absolute Gasteiger partial charge is 0.495 e. The van der Waals surface area contributed by atoms with Crippen LogP contribution in [0.3, 0.4) is 0 Å². The fourth-order valence-corrected chi connectivity index (χ4v) is 2.01. The van der Waals surface area contributed by atoms with Crippen molar-refractivity contribution < 1.29 is 4.74 Å². The third kappa shape index (κ3) is 3.97. The molecule has 19 heavy (non-hydrogen) atoms. The van der Waals surface area contributed by atoms with E-state index < -0.39 is 0 Å². The average molecular weight is 260 g/mol. The van der Waals surface area contributed by atoms with Crippen LogP contribution in [0.4, 0.5) is 0 Å². The predicted molar refractivity (Wildman–Crippen MR) is 78.1 cm³/mol. The molecule has 0 fully saturated rings. The lowest BCUT2D eigenvalue weighted by atomic mass is 9.87. The van der Waals surface area contributed by atoms with Crippen molar-refractivity contribution in [3.63, 3.8) is 0 Å². The molecule has 1 unspecified atom stereocenters. The van der Waals surface area contributed by atoms with E-state index in [1.165, 1.54) is 0 Å². The monoisotopic (exact) mass is 260 g/mol. The van der Waals surface area contributed by atoms with Crippen LogP contribution in [0.25, 0.3) is 0 Å². The third-order valence-corrected chi connectivity index (χ3v) is 3.73. The number of ether oxygens (including phenoxy) is 1. The van der Waals surface area contributed by atoms with Gasteiger partial charge in [-0.05, 0) is 37.1 Å².